The van der Waals surface area contributed by atoms with Crippen molar-refractivity contribution in [1.82, 2.24) is 10.2 Å². The van der Waals surface area contributed by atoms with Crippen molar-refractivity contribution >= 4 is 17.6 Å². The fourth-order valence-electron chi connectivity index (χ4n) is 2.16. The number of hydrogen-bond acceptors (Lipinski definition) is 5. The standard InChI is InChI=1S/C18H24N4O3/c1-3-22(4-2)11-5-10-20-13-15(12-19)17(23)21-16-8-6-14(7-9-16)18(24)25/h6-9,13,20H,3-5,10-11H2,1-2H3,(H,21,23)(H,24,25)/b15-13-. The van der Waals surface area contributed by atoms with Crippen LogP contribution in [0.15, 0.2) is 36.0 Å². The number of carboxylic acids is 1. The van der Waals surface area contributed by atoms with Gasteiger partial charge in [0.1, 0.15) is 11.6 Å². The molecule has 0 fully saturated rings. The number of benzene rings is 1. The Balaban J connectivity index is 2.51. The largest absolute Gasteiger partial charge is 0.478 e. The monoisotopic (exact) mass is 344 g/mol. The lowest BCUT2D eigenvalue weighted by Gasteiger charge is -2.17. The highest BCUT2D eigenvalue weighted by Gasteiger charge is 2.10. The van der Waals surface area contributed by atoms with Gasteiger partial charge in [0, 0.05) is 18.4 Å². The van der Waals surface area contributed by atoms with Crippen molar-refractivity contribution < 1.29 is 14.7 Å². The normalized spacial score (nSPS) is 11.0. The van der Waals surface area contributed by atoms with Crippen molar-refractivity contribution in [3.8, 4) is 6.07 Å². The van der Waals surface area contributed by atoms with Crippen LogP contribution in [-0.2, 0) is 4.79 Å². The molecule has 0 saturated heterocycles. The van der Waals surface area contributed by atoms with Gasteiger partial charge in [0.05, 0.1) is 5.56 Å². The summed E-state index contributed by atoms with van der Waals surface area (Å²) in [6.45, 7) is 7.84. The molecule has 134 valence electrons. The number of anilines is 1. The molecule has 1 rings (SSSR count). The average Bonchev–Trinajstić information content (AvgIpc) is 2.61. The number of nitrogens with one attached hydrogen (secondary N) is 2. The Morgan fingerprint density at radius 1 is 1.24 bits per heavy atom. The van der Waals surface area contributed by atoms with Crippen LogP contribution in [-0.4, -0.2) is 48.1 Å². The van der Waals surface area contributed by atoms with Crippen LogP contribution in [0.1, 0.15) is 30.6 Å². The van der Waals surface area contributed by atoms with Crippen molar-refractivity contribution in [3.05, 3.63) is 41.6 Å². The summed E-state index contributed by atoms with van der Waals surface area (Å²) < 4.78 is 0. The van der Waals surface area contributed by atoms with Gasteiger partial charge in [-0.25, -0.2) is 4.79 Å². The molecular formula is C18H24N4O3. The highest BCUT2D eigenvalue weighted by molar-refractivity contribution is 6.06. The van der Waals surface area contributed by atoms with Gasteiger partial charge in [0.2, 0.25) is 0 Å². The molecule has 0 radical (unpaired) electrons. The Kier molecular flexibility index (Phi) is 8.75. The molecule has 0 saturated carbocycles. The summed E-state index contributed by atoms with van der Waals surface area (Å²) in [5, 5.41) is 23.5. The number of carbonyl (C=O) groups excluding carboxylic acids is 1. The second-order valence-electron chi connectivity index (χ2n) is 5.34. The van der Waals surface area contributed by atoms with Gasteiger partial charge in [-0.2, -0.15) is 5.26 Å². The molecule has 0 spiro atoms. The molecule has 1 aromatic rings. The maximum atomic E-state index is 12.1. The molecule has 25 heavy (non-hydrogen) atoms. The minimum absolute atomic E-state index is 0.0369. The van der Waals surface area contributed by atoms with E-state index in [2.05, 4.69) is 29.4 Å². The Morgan fingerprint density at radius 2 is 1.88 bits per heavy atom. The first-order chi connectivity index (χ1) is 12.0. The van der Waals surface area contributed by atoms with Gasteiger partial charge >= 0.3 is 5.97 Å². The summed E-state index contributed by atoms with van der Waals surface area (Å²) >= 11 is 0. The van der Waals surface area contributed by atoms with Crippen LogP contribution in [0.2, 0.25) is 0 Å². The first-order valence-electron chi connectivity index (χ1n) is 8.22. The zero-order chi connectivity index (χ0) is 18.7. The molecule has 1 amide bonds. The average molecular weight is 344 g/mol. The van der Waals surface area contributed by atoms with E-state index in [-0.39, 0.29) is 11.1 Å². The van der Waals surface area contributed by atoms with Crippen LogP contribution in [0.3, 0.4) is 0 Å². The predicted octanol–water partition coefficient (Wildman–Crippen LogP) is 2.05. The molecule has 1 aromatic carbocycles. The number of aromatic carboxylic acids is 1. The van der Waals surface area contributed by atoms with Gasteiger partial charge in [-0.3, -0.25) is 4.79 Å². The number of rotatable bonds is 10. The van der Waals surface area contributed by atoms with E-state index in [1.165, 1.54) is 30.5 Å². The molecule has 0 aliphatic rings. The molecule has 7 nitrogen and oxygen atoms in total. The molecule has 3 N–H and O–H groups in total. The van der Waals surface area contributed by atoms with E-state index in [0.717, 1.165) is 26.1 Å². The van der Waals surface area contributed by atoms with Gasteiger partial charge in [-0.15, -0.1) is 0 Å². The van der Waals surface area contributed by atoms with Gasteiger partial charge in [0.25, 0.3) is 5.91 Å². The highest BCUT2D eigenvalue weighted by Crippen LogP contribution is 2.10. The van der Waals surface area contributed by atoms with Gasteiger partial charge in [0.15, 0.2) is 0 Å². The van der Waals surface area contributed by atoms with E-state index in [1.807, 2.05) is 6.07 Å². The summed E-state index contributed by atoms with van der Waals surface area (Å²) in [5.74, 6) is -1.58. The molecule has 0 heterocycles. The summed E-state index contributed by atoms with van der Waals surface area (Å²) in [7, 11) is 0. The van der Waals surface area contributed by atoms with E-state index in [4.69, 9.17) is 10.4 Å². The van der Waals surface area contributed by atoms with Crippen molar-refractivity contribution in [1.29, 1.82) is 5.26 Å². The predicted molar refractivity (Wildman–Crippen MR) is 96.1 cm³/mol. The van der Waals surface area contributed by atoms with Crippen LogP contribution in [0.4, 0.5) is 5.69 Å². The minimum atomic E-state index is -1.04. The third-order valence-electron chi connectivity index (χ3n) is 3.69. The lowest BCUT2D eigenvalue weighted by molar-refractivity contribution is -0.112. The summed E-state index contributed by atoms with van der Waals surface area (Å²) in [5.41, 5.74) is 0.520. The number of amides is 1. The molecule has 7 heteroatoms. The zero-order valence-corrected chi connectivity index (χ0v) is 14.6. The highest BCUT2D eigenvalue weighted by atomic mass is 16.4. The number of carbonyl (C=O) groups is 2. The first kappa shape index (κ1) is 20.2. The Bertz CT molecular complexity index is 643. The van der Waals surface area contributed by atoms with E-state index < -0.39 is 11.9 Å². The fraction of sp³-hybridized carbons (Fsp3) is 0.389. The number of carboxylic acid groups (broad SMARTS) is 1. The number of nitrogens with zero attached hydrogens (tertiary/aromatic N) is 2. The second-order valence-corrected chi connectivity index (χ2v) is 5.34. The smallest absolute Gasteiger partial charge is 0.335 e. The topological polar surface area (TPSA) is 105 Å². The lowest BCUT2D eigenvalue weighted by atomic mass is 10.2. The summed E-state index contributed by atoms with van der Waals surface area (Å²) in [4.78, 5) is 25.1. The van der Waals surface area contributed by atoms with E-state index in [1.54, 1.807) is 0 Å². The number of nitriles is 1. The third kappa shape index (κ3) is 7.06. The fourth-order valence-corrected chi connectivity index (χ4v) is 2.16. The second kappa shape index (κ2) is 10.8. The van der Waals surface area contributed by atoms with Gasteiger partial charge in [-0.1, -0.05) is 13.8 Å². The van der Waals surface area contributed by atoms with Gasteiger partial charge in [-0.05, 0) is 50.3 Å². The summed E-state index contributed by atoms with van der Waals surface area (Å²) in [6.07, 6.45) is 2.32. The van der Waals surface area contributed by atoms with Crippen LogP contribution in [0.25, 0.3) is 0 Å². The van der Waals surface area contributed by atoms with E-state index >= 15 is 0 Å². The molecule has 0 aromatic heterocycles. The Hall–Kier alpha value is -2.85. The van der Waals surface area contributed by atoms with Crippen molar-refractivity contribution in [2.24, 2.45) is 0 Å². The summed E-state index contributed by atoms with van der Waals surface area (Å²) in [6, 6.07) is 7.59. The molecule has 0 atom stereocenters. The molecular weight excluding hydrogens is 320 g/mol. The first-order valence-corrected chi connectivity index (χ1v) is 8.22. The molecule has 0 unspecified atom stereocenters. The SMILES string of the molecule is CCN(CC)CCCN/C=C(/C#N)C(=O)Nc1ccc(C(=O)O)cc1. The van der Waals surface area contributed by atoms with E-state index in [9.17, 15) is 9.59 Å². The maximum absolute atomic E-state index is 12.1. The molecule has 0 aliphatic heterocycles. The minimum Gasteiger partial charge on any atom is -0.478 e. The van der Waals surface area contributed by atoms with E-state index in [0.29, 0.717) is 12.2 Å². The molecule has 0 bridgehead atoms. The van der Waals surface area contributed by atoms with Crippen LogP contribution >= 0.6 is 0 Å². The maximum Gasteiger partial charge on any atom is 0.335 e. The van der Waals surface area contributed by atoms with Crippen LogP contribution < -0.4 is 10.6 Å². The van der Waals surface area contributed by atoms with Gasteiger partial charge < -0.3 is 20.6 Å². The van der Waals surface area contributed by atoms with Crippen molar-refractivity contribution in [3.63, 3.8) is 0 Å². The Labute approximate surface area is 147 Å². The quantitative estimate of drug-likeness (QED) is 0.341. The molecule has 0 aliphatic carbocycles. The number of hydrogen-bond donors (Lipinski definition) is 3. The third-order valence-corrected chi connectivity index (χ3v) is 3.69. The van der Waals surface area contributed by atoms with Crippen molar-refractivity contribution in [2.75, 3.05) is 31.5 Å². The van der Waals surface area contributed by atoms with Crippen LogP contribution in [0.5, 0.6) is 0 Å². The van der Waals surface area contributed by atoms with Crippen LogP contribution in [0, 0.1) is 11.3 Å². The Morgan fingerprint density at radius 3 is 2.40 bits per heavy atom. The zero-order valence-electron chi connectivity index (χ0n) is 14.6. The lowest BCUT2D eigenvalue weighted by Crippen LogP contribution is -2.26. The van der Waals surface area contributed by atoms with Crippen molar-refractivity contribution in [2.45, 2.75) is 20.3 Å².